The van der Waals surface area contributed by atoms with Crippen molar-refractivity contribution in [1.82, 2.24) is 0 Å². The van der Waals surface area contributed by atoms with Crippen molar-refractivity contribution in [3.8, 4) is 5.75 Å². The van der Waals surface area contributed by atoms with Gasteiger partial charge in [-0.25, -0.2) is 0 Å². The summed E-state index contributed by atoms with van der Waals surface area (Å²) in [7, 11) is 0. The number of carbonyl (C=O) groups is 1. The van der Waals surface area contributed by atoms with Crippen LogP contribution in [0.15, 0.2) is 18.2 Å². The highest BCUT2D eigenvalue weighted by atomic mass is 16.3. The van der Waals surface area contributed by atoms with Gasteiger partial charge in [-0.2, -0.15) is 0 Å². The van der Waals surface area contributed by atoms with Crippen LogP contribution in [-0.2, 0) is 17.6 Å². The topological polar surface area (TPSA) is 37.3 Å². The molecule has 0 atom stereocenters. The summed E-state index contributed by atoms with van der Waals surface area (Å²) in [5, 5.41) is 9.15. The fraction of sp³-hybridized carbons (Fsp3) is 0.222. The van der Waals surface area contributed by atoms with Crippen molar-refractivity contribution in [2.24, 2.45) is 0 Å². The molecular formula is C9H10O2. The van der Waals surface area contributed by atoms with Crippen molar-refractivity contribution in [1.29, 1.82) is 0 Å². The zero-order chi connectivity index (χ0) is 8.27. The van der Waals surface area contributed by atoms with Gasteiger partial charge in [0.25, 0.3) is 0 Å². The second-order valence-electron chi connectivity index (χ2n) is 2.41. The molecule has 2 nitrogen and oxygen atoms in total. The predicted octanol–water partition coefficient (Wildman–Crippen LogP) is 1.31. The van der Waals surface area contributed by atoms with Crippen molar-refractivity contribution in [3.63, 3.8) is 0 Å². The van der Waals surface area contributed by atoms with E-state index in [-0.39, 0.29) is 0 Å². The molecule has 1 N–H and O–H groups in total. The zero-order valence-corrected chi connectivity index (χ0v) is 6.21. The van der Waals surface area contributed by atoms with Crippen molar-refractivity contribution in [2.75, 3.05) is 0 Å². The third kappa shape index (κ3) is 1.24. The molecule has 0 fully saturated rings. The number of hydrogen-bond acceptors (Lipinski definition) is 2. The third-order valence-electron chi connectivity index (χ3n) is 1.89. The van der Waals surface area contributed by atoms with E-state index in [0.29, 0.717) is 5.75 Å². The predicted molar refractivity (Wildman–Crippen MR) is 42.6 cm³/mol. The van der Waals surface area contributed by atoms with E-state index in [0.717, 1.165) is 18.4 Å². The van der Waals surface area contributed by atoms with Gasteiger partial charge in [0.1, 0.15) is 12.5 Å². The minimum absolute atomic E-state index is 0.471. The van der Waals surface area contributed by atoms with Gasteiger partial charge in [-0.1, -0.05) is 12.1 Å². The van der Waals surface area contributed by atoms with E-state index in [9.17, 15) is 0 Å². The average Bonchev–Trinajstić information content (AvgIpc) is 1.98. The van der Waals surface area contributed by atoms with Gasteiger partial charge in [0.05, 0.1) is 0 Å². The van der Waals surface area contributed by atoms with Crippen molar-refractivity contribution in [3.05, 3.63) is 29.3 Å². The second kappa shape index (κ2) is 3.19. The molecule has 0 saturated carbocycles. The highest BCUT2D eigenvalue weighted by Gasteiger charge is 2.14. The Morgan fingerprint density at radius 3 is 2.36 bits per heavy atom. The molecule has 2 heteroatoms. The molecule has 0 radical (unpaired) electrons. The van der Waals surface area contributed by atoms with Crippen LogP contribution < -0.4 is 0 Å². The minimum Gasteiger partial charge on any atom is -0.508 e. The molecule has 1 aliphatic rings. The standard InChI is InChI=1S/C8H8O.CH2O/c9-8-3-1-2-6-4-5-7(6)8;1-2/h1-3,9H,4-5H2;1H2. The first-order valence-corrected chi connectivity index (χ1v) is 3.46. The van der Waals surface area contributed by atoms with E-state index in [1.54, 1.807) is 6.07 Å². The molecule has 0 heterocycles. The number of phenols is 1. The molecule has 1 aliphatic carbocycles. The van der Waals surface area contributed by atoms with Gasteiger partial charge < -0.3 is 9.90 Å². The number of rotatable bonds is 0. The van der Waals surface area contributed by atoms with Gasteiger partial charge in [-0.05, 0) is 30.0 Å². The molecule has 0 aliphatic heterocycles. The Morgan fingerprint density at radius 1 is 1.27 bits per heavy atom. The normalized spacial score (nSPS) is 12.0. The van der Waals surface area contributed by atoms with Crippen LogP contribution in [0.4, 0.5) is 0 Å². The quantitative estimate of drug-likeness (QED) is 0.605. The number of hydrogen-bond donors (Lipinski definition) is 1. The maximum Gasteiger partial charge on any atom is 0.119 e. The van der Waals surface area contributed by atoms with Gasteiger partial charge >= 0.3 is 0 Å². The summed E-state index contributed by atoms with van der Waals surface area (Å²) < 4.78 is 0. The minimum atomic E-state index is 0.471. The highest BCUT2D eigenvalue weighted by Crippen LogP contribution is 2.30. The lowest BCUT2D eigenvalue weighted by Gasteiger charge is -2.18. The maximum absolute atomic E-state index is 9.15. The number of phenolic OH excluding ortho intramolecular Hbond substituents is 1. The molecule has 1 aromatic carbocycles. The SMILES string of the molecule is C=O.Oc1cccc2c1CC2. The second-order valence-corrected chi connectivity index (χ2v) is 2.41. The number of benzene rings is 1. The molecular weight excluding hydrogens is 140 g/mol. The van der Waals surface area contributed by atoms with Crippen LogP contribution in [0, 0.1) is 0 Å². The van der Waals surface area contributed by atoms with Crippen LogP contribution >= 0.6 is 0 Å². The Morgan fingerprint density at radius 2 is 2.00 bits per heavy atom. The Balaban J connectivity index is 0.000000281. The van der Waals surface area contributed by atoms with Gasteiger partial charge in [0.15, 0.2) is 0 Å². The van der Waals surface area contributed by atoms with E-state index in [4.69, 9.17) is 9.90 Å². The first-order chi connectivity index (χ1) is 5.38. The monoisotopic (exact) mass is 150 g/mol. The largest absolute Gasteiger partial charge is 0.508 e. The van der Waals surface area contributed by atoms with E-state index < -0.39 is 0 Å². The fourth-order valence-electron chi connectivity index (χ4n) is 1.23. The van der Waals surface area contributed by atoms with Crippen LogP contribution in [0.3, 0.4) is 0 Å². The van der Waals surface area contributed by atoms with Crippen LogP contribution in [-0.4, -0.2) is 11.9 Å². The molecule has 11 heavy (non-hydrogen) atoms. The Labute approximate surface area is 65.5 Å². The first-order valence-electron chi connectivity index (χ1n) is 3.46. The molecule has 0 amide bonds. The lowest BCUT2D eigenvalue weighted by atomic mass is 9.88. The maximum atomic E-state index is 9.15. The number of aryl methyl sites for hydroxylation is 1. The van der Waals surface area contributed by atoms with Gasteiger partial charge in [-0.3, -0.25) is 0 Å². The molecule has 0 unspecified atom stereocenters. The number of aromatic hydroxyl groups is 1. The summed E-state index contributed by atoms with van der Waals surface area (Å²) in [6.45, 7) is 2.00. The summed E-state index contributed by atoms with van der Waals surface area (Å²) in [6, 6.07) is 5.71. The molecule has 0 aromatic heterocycles. The molecule has 0 saturated heterocycles. The summed E-state index contributed by atoms with van der Waals surface area (Å²) in [5.74, 6) is 0.471. The van der Waals surface area contributed by atoms with E-state index >= 15 is 0 Å². The zero-order valence-electron chi connectivity index (χ0n) is 6.21. The van der Waals surface area contributed by atoms with Crippen LogP contribution in [0.5, 0.6) is 5.75 Å². The molecule has 1 aromatic rings. The summed E-state index contributed by atoms with van der Waals surface area (Å²) in [4.78, 5) is 8.00. The van der Waals surface area contributed by atoms with Crippen LogP contribution in [0.2, 0.25) is 0 Å². The van der Waals surface area contributed by atoms with E-state index in [1.807, 2.05) is 12.9 Å². The number of fused-ring (bicyclic) bond motifs is 1. The fourth-order valence-corrected chi connectivity index (χ4v) is 1.23. The van der Waals surface area contributed by atoms with E-state index in [1.165, 1.54) is 5.56 Å². The van der Waals surface area contributed by atoms with Crippen molar-refractivity contribution < 1.29 is 9.90 Å². The Hall–Kier alpha value is -1.31. The first kappa shape index (κ1) is 7.79. The van der Waals surface area contributed by atoms with Crippen LogP contribution in [0.25, 0.3) is 0 Å². The van der Waals surface area contributed by atoms with E-state index in [2.05, 4.69) is 6.07 Å². The summed E-state index contributed by atoms with van der Waals surface area (Å²) in [6.07, 6.45) is 2.20. The average molecular weight is 150 g/mol. The molecule has 2 rings (SSSR count). The molecule has 58 valence electrons. The highest BCUT2D eigenvalue weighted by molar-refractivity contribution is 5.45. The molecule has 0 spiro atoms. The van der Waals surface area contributed by atoms with Gasteiger partial charge in [0.2, 0.25) is 0 Å². The molecule has 0 bridgehead atoms. The Bertz CT molecular complexity index is 241. The van der Waals surface area contributed by atoms with Gasteiger partial charge in [0, 0.05) is 0 Å². The lowest BCUT2D eigenvalue weighted by molar-refractivity contribution is -0.0979. The third-order valence-corrected chi connectivity index (χ3v) is 1.89. The smallest absolute Gasteiger partial charge is 0.119 e. The van der Waals surface area contributed by atoms with Crippen LogP contribution in [0.1, 0.15) is 11.1 Å². The summed E-state index contributed by atoms with van der Waals surface area (Å²) in [5.41, 5.74) is 2.47. The number of carbonyl (C=O) groups excluding carboxylic acids is 1. The Kier molecular flexibility index (Phi) is 2.26. The van der Waals surface area contributed by atoms with Gasteiger partial charge in [-0.15, -0.1) is 0 Å². The summed E-state index contributed by atoms with van der Waals surface area (Å²) >= 11 is 0. The lowest BCUT2D eigenvalue weighted by Crippen LogP contribution is -2.07. The van der Waals surface area contributed by atoms with Crippen molar-refractivity contribution >= 4 is 6.79 Å². The van der Waals surface area contributed by atoms with Crippen molar-refractivity contribution in [2.45, 2.75) is 12.8 Å².